The van der Waals surface area contributed by atoms with Crippen molar-refractivity contribution in [2.75, 3.05) is 19.8 Å². The van der Waals surface area contributed by atoms with E-state index < -0.39 is 0 Å². The van der Waals surface area contributed by atoms with Crippen LogP contribution in [0.15, 0.2) is 24.4 Å². The molecule has 1 fully saturated rings. The fraction of sp³-hybridized carbons (Fsp3) is 0.438. The third-order valence-corrected chi connectivity index (χ3v) is 3.85. The number of amides is 1. The Hall–Kier alpha value is -2.21. The molecule has 1 saturated heterocycles. The Morgan fingerprint density at radius 2 is 2.18 bits per heavy atom. The molecule has 1 unspecified atom stereocenters. The van der Waals surface area contributed by atoms with Crippen molar-refractivity contribution in [3.8, 4) is 5.82 Å². The number of carbonyl (C=O) groups is 1. The second-order valence-corrected chi connectivity index (χ2v) is 5.67. The van der Waals surface area contributed by atoms with Crippen LogP contribution in [-0.4, -0.2) is 51.4 Å². The number of nitrogens with zero attached hydrogens (tertiary/aromatic N) is 4. The van der Waals surface area contributed by atoms with Crippen molar-refractivity contribution < 1.29 is 9.53 Å². The van der Waals surface area contributed by atoms with E-state index >= 15 is 0 Å². The van der Waals surface area contributed by atoms with Crippen LogP contribution in [0, 0.1) is 13.8 Å². The summed E-state index contributed by atoms with van der Waals surface area (Å²) in [4.78, 5) is 18.8. The first-order valence-electron chi connectivity index (χ1n) is 7.44. The fourth-order valence-corrected chi connectivity index (χ4v) is 2.69. The van der Waals surface area contributed by atoms with E-state index in [0.717, 1.165) is 17.2 Å². The van der Waals surface area contributed by atoms with E-state index in [1.54, 1.807) is 10.9 Å². The summed E-state index contributed by atoms with van der Waals surface area (Å²) in [6.45, 7) is 7.72. The normalized spacial score (nSPS) is 18.5. The van der Waals surface area contributed by atoms with Crippen LogP contribution < -0.4 is 0 Å². The Morgan fingerprint density at radius 3 is 2.77 bits per heavy atom. The number of aromatic nitrogens is 3. The van der Waals surface area contributed by atoms with Gasteiger partial charge in [-0.3, -0.25) is 4.79 Å². The van der Waals surface area contributed by atoms with Gasteiger partial charge in [0.2, 0.25) is 0 Å². The van der Waals surface area contributed by atoms with Crippen LogP contribution in [0.3, 0.4) is 0 Å². The second kappa shape index (κ2) is 5.88. The number of pyridine rings is 1. The van der Waals surface area contributed by atoms with Crippen molar-refractivity contribution in [1.29, 1.82) is 0 Å². The number of hydrogen-bond acceptors (Lipinski definition) is 4. The molecule has 0 saturated carbocycles. The molecular weight excluding hydrogens is 280 g/mol. The topological polar surface area (TPSA) is 60.2 Å². The number of morpholine rings is 1. The van der Waals surface area contributed by atoms with Crippen LogP contribution in [0.5, 0.6) is 0 Å². The molecule has 1 aliphatic rings. The predicted molar refractivity (Wildman–Crippen MR) is 82.2 cm³/mol. The summed E-state index contributed by atoms with van der Waals surface area (Å²) < 4.78 is 7.15. The highest BCUT2D eigenvalue weighted by Gasteiger charge is 2.24. The standard InChI is InChI=1S/C16H20N4O2/c1-11-8-12(2)20(18-11)15-5-4-14(9-17-15)16(21)19-6-7-22-10-13(19)3/h4-5,8-9,13H,6-7,10H2,1-3H3. The molecule has 1 amide bonds. The third kappa shape index (κ3) is 2.74. The van der Waals surface area contributed by atoms with Gasteiger partial charge in [0.1, 0.15) is 0 Å². The first kappa shape index (κ1) is 14.7. The van der Waals surface area contributed by atoms with Crippen LogP contribution in [0.1, 0.15) is 28.7 Å². The maximum Gasteiger partial charge on any atom is 0.255 e. The first-order chi connectivity index (χ1) is 10.6. The summed E-state index contributed by atoms with van der Waals surface area (Å²) >= 11 is 0. The summed E-state index contributed by atoms with van der Waals surface area (Å²) in [5, 5.41) is 4.40. The van der Waals surface area contributed by atoms with Gasteiger partial charge in [-0.25, -0.2) is 9.67 Å². The van der Waals surface area contributed by atoms with Crippen LogP contribution in [0.4, 0.5) is 0 Å². The molecule has 2 aromatic rings. The highest BCUT2D eigenvalue weighted by Crippen LogP contribution is 2.14. The van der Waals surface area contributed by atoms with Crippen molar-refractivity contribution >= 4 is 5.91 Å². The van der Waals surface area contributed by atoms with Gasteiger partial charge in [-0.2, -0.15) is 5.10 Å². The zero-order valence-corrected chi connectivity index (χ0v) is 13.1. The second-order valence-electron chi connectivity index (χ2n) is 5.67. The molecule has 0 aliphatic carbocycles. The predicted octanol–water partition coefficient (Wildman–Crippen LogP) is 1.75. The van der Waals surface area contributed by atoms with Crippen molar-refractivity contribution in [3.63, 3.8) is 0 Å². The molecule has 1 atom stereocenters. The maximum absolute atomic E-state index is 12.5. The lowest BCUT2D eigenvalue weighted by Crippen LogP contribution is -2.47. The van der Waals surface area contributed by atoms with Crippen molar-refractivity contribution in [1.82, 2.24) is 19.7 Å². The molecule has 1 aliphatic heterocycles. The minimum atomic E-state index is 0.00298. The van der Waals surface area contributed by atoms with Gasteiger partial charge in [0, 0.05) is 18.4 Å². The fourth-order valence-electron chi connectivity index (χ4n) is 2.69. The summed E-state index contributed by atoms with van der Waals surface area (Å²) in [5.74, 6) is 0.723. The minimum absolute atomic E-state index is 0.00298. The van der Waals surface area contributed by atoms with Gasteiger partial charge >= 0.3 is 0 Å². The molecule has 116 valence electrons. The molecule has 0 bridgehead atoms. The van der Waals surface area contributed by atoms with Gasteiger partial charge in [0.25, 0.3) is 5.91 Å². The van der Waals surface area contributed by atoms with Crippen LogP contribution in [-0.2, 0) is 4.74 Å². The van der Waals surface area contributed by atoms with E-state index in [-0.39, 0.29) is 11.9 Å². The van der Waals surface area contributed by atoms with Gasteiger partial charge in [-0.05, 0) is 39.0 Å². The summed E-state index contributed by atoms with van der Waals surface area (Å²) in [5.41, 5.74) is 2.56. The molecule has 2 aromatic heterocycles. The number of ether oxygens (including phenoxy) is 1. The number of rotatable bonds is 2. The maximum atomic E-state index is 12.5. The Kier molecular flexibility index (Phi) is 3.94. The van der Waals surface area contributed by atoms with Crippen molar-refractivity contribution in [3.05, 3.63) is 41.3 Å². The zero-order valence-electron chi connectivity index (χ0n) is 13.1. The Morgan fingerprint density at radius 1 is 1.36 bits per heavy atom. The molecule has 3 heterocycles. The summed E-state index contributed by atoms with van der Waals surface area (Å²) in [7, 11) is 0. The first-order valence-corrected chi connectivity index (χ1v) is 7.44. The highest BCUT2D eigenvalue weighted by molar-refractivity contribution is 5.94. The summed E-state index contributed by atoms with van der Waals surface area (Å²) in [6.07, 6.45) is 1.62. The van der Waals surface area contributed by atoms with Gasteiger partial charge in [-0.15, -0.1) is 0 Å². The largest absolute Gasteiger partial charge is 0.377 e. The summed E-state index contributed by atoms with van der Waals surface area (Å²) in [6, 6.07) is 5.73. The molecule has 3 rings (SSSR count). The average molecular weight is 300 g/mol. The Labute approximate surface area is 129 Å². The van der Waals surface area contributed by atoms with Gasteiger partial charge in [0.05, 0.1) is 30.5 Å². The molecule has 6 nitrogen and oxygen atoms in total. The zero-order chi connectivity index (χ0) is 15.7. The van der Waals surface area contributed by atoms with E-state index in [4.69, 9.17) is 4.74 Å². The lowest BCUT2D eigenvalue weighted by molar-refractivity contribution is 0.00357. The molecule has 6 heteroatoms. The molecule has 22 heavy (non-hydrogen) atoms. The monoisotopic (exact) mass is 300 g/mol. The average Bonchev–Trinajstić information content (AvgIpc) is 2.86. The molecule has 0 N–H and O–H groups in total. The molecule has 0 spiro atoms. The number of hydrogen-bond donors (Lipinski definition) is 0. The lowest BCUT2D eigenvalue weighted by atomic mass is 10.2. The van der Waals surface area contributed by atoms with E-state index in [9.17, 15) is 4.79 Å². The number of carbonyl (C=O) groups excluding carboxylic acids is 1. The lowest BCUT2D eigenvalue weighted by Gasteiger charge is -2.33. The van der Waals surface area contributed by atoms with Crippen LogP contribution in [0.2, 0.25) is 0 Å². The van der Waals surface area contributed by atoms with E-state index in [1.165, 1.54) is 0 Å². The van der Waals surface area contributed by atoms with Crippen molar-refractivity contribution in [2.45, 2.75) is 26.8 Å². The van der Waals surface area contributed by atoms with Crippen LogP contribution >= 0.6 is 0 Å². The van der Waals surface area contributed by atoms with Crippen LogP contribution in [0.25, 0.3) is 5.82 Å². The Balaban J connectivity index is 1.82. The van der Waals surface area contributed by atoms with E-state index in [1.807, 2.05) is 43.9 Å². The molecule has 0 aromatic carbocycles. The smallest absolute Gasteiger partial charge is 0.255 e. The van der Waals surface area contributed by atoms with E-state index in [0.29, 0.717) is 25.3 Å². The minimum Gasteiger partial charge on any atom is -0.377 e. The number of aryl methyl sites for hydroxylation is 2. The third-order valence-electron chi connectivity index (χ3n) is 3.85. The molecular formula is C16H20N4O2. The van der Waals surface area contributed by atoms with Gasteiger partial charge in [0.15, 0.2) is 5.82 Å². The van der Waals surface area contributed by atoms with E-state index in [2.05, 4.69) is 10.1 Å². The molecule has 0 radical (unpaired) electrons. The SMILES string of the molecule is Cc1cc(C)n(-c2ccc(C(=O)N3CCOCC3C)cn2)n1. The van der Waals surface area contributed by atoms with Gasteiger partial charge in [-0.1, -0.05) is 0 Å². The quantitative estimate of drug-likeness (QED) is 0.847. The van der Waals surface area contributed by atoms with Gasteiger partial charge < -0.3 is 9.64 Å². The highest BCUT2D eigenvalue weighted by atomic mass is 16.5. The Bertz CT molecular complexity index is 678. The van der Waals surface area contributed by atoms with Crippen molar-refractivity contribution in [2.24, 2.45) is 0 Å².